The molecule has 0 aliphatic carbocycles. The van der Waals surface area contributed by atoms with E-state index in [-0.39, 0.29) is 4.90 Å². The lowest BCUT2D eigenvalue weighted by atomic mass is 10.1. The Labute approximate surface area is 150 Å². The first kappa shape index (κ1) is 21.3. The van der Waals surface area contributed by atoms with Gasteiger partial charge in [0.2, 0.25) is 0 Å². The van der Waals surface area contributed by atoms with Crippen molar-refractivity contribution in [1.82, 2.24) is 4.31 Å². The third-order valence-corrected chi connectivity index (χ3v) is 4.28. The standard InChI is InChI=1S/C17H23F3N2O2S/c1-4-6-7-10-14(5-2)21-24-16(23)22(3)25-15-11-8-9-13(12-15)17(18,19)20/h8-9,11-12H,4-7,10H2,1-3H3. The zero-order valence-electron chi connectivity index (χ0n) is 14.6. The number of rotatable bonds is 8. The Kier molecular flexibility index (Phi) is 8.82. The number of hydrogen-bond donors (Lipinski definition) is 0. The highest BCUT2D eigenvalue weighted by Crippen LogP contribution is 2.32. The number of benzene rings is 1. The first-order valence-electron chi connectivity index (χ1n) is 8.13. The van der Waals surface area contributed by atoms with Crippen LogP contribution in [0.1, 0.15) is 51.5 Å². The first-order chi connectivity index (χ1) is 11.8. The van der Waals surface area contributed by atoms with E-state index in [1.807, 2.05) is 6.92 Å². The van der Waals surface area contributed by atoms with E-state index in [9.17, 15) is 18.0 Å². The molecule has 0 heterocycles. The summed E-state index contributed by atoms with van der Waals surface area (Å²) in [6.45, 7) is 4.03. The van der Waals surface area contributed by atoms with Gasteiger partial charge in [-0.25, -0.2) is 9.10 Å². The summed E-state index contributed by atoms with van der Waals surface area (Å²) < 4.78 is 39.2. The molecule has 1 rings (SSSR count). The van der Waals surface area contributed by atoms with Crippen molar-refractivity contribution < 1.29 is 22.8 Å². The molecule has 0 aliphatic heterocycles. The third-order valence-electron chi connectivity index (χ3n) is 3.39. The SMILES string of the molecule is CCCCCC(CC)=NOC(=O)N(C)Sc1cccc(C(F)(F)F)c1. The number of amides is 1. The van der Waals surface area contributed by atoms with Crippen LogP contribution in [0.4, 0.5) is 18.0 Å². The van der Waals surface area contributed by atoms with Crippen LogP contribution in [0.5, 0.6) is 0 Å². The van der Waals surface area contributed by atoms with Gasteiger partial charge in [0.25, 0.3) is 0 Å². The molecule has 0 atom stereocenters. The molecule has 4 nitrogen and oxygen atoms in total. The maximum Gasteiger partial charge on any atom is 0.446 e. The quantitative estimate of drug-likeness (QED) is 0.180. The maximum atomic E-state index is 12.7. The smallest absolute Gasteiger partial charge is 0.297 e. The normalized spacial score (nSPS) is 12.2. The molecular formula is C17H23F3N2O2S. The van der Waals surface area contributed by atoms with E-state index in [2.05, 4.69) is 12.1 Å². The van der Waals surface area contributed by atoms with Gasteiger partial charge in [0, 0.05) is 11.9 Å². The van der Waals surface area contributed by atoms with Crippen LogP contribution in [0.2, 0.25) is 0 Å². The summed E-state index contributed by atoms with van der Waals surface area (Å²) in [4.78, 5) is 17.1. The Morgan fingerprint density at radius 3 is 2.60 bits per heavy atom. The van der Waals surface area contributed by atoms with Crippen LogP contribution >= 0.6 is 11.9 Å². The molecule has 25 heavy (non-hydrogen) atoms. The molecule has 140 valence electrons. The molecule has 8 heteroatoms. The molecule has 0 spiro atoms. The van der Waals surface area contributed by atoms with E-state index in [0.29, 0.717) is 6.42 Å². The Bertz CT molecular complexity index is 592. The Morgan fingerprint density at radius 1 is 1.28 bits per heavy atom. The van der Waals surface area contributed by atoms with Gasteiger partial charge in [-0.05, 0) is 49.4 Å². The van der Waals surface area contributed by atoms with Crippen molar-refractivity contribution in [2.75, 3.05) is 7.05 Å². The predicted octanol–water partition coefficient (Wildman–Crippen LogP) is 6.13. The summed E-state index contributed by atoms with van der Waals surface area (Å²) in [6, 6.07) is 4.76. The summed E-state index contributed by atoms with van der Waals surface area (Å²) in [7, 11) is 1.42. The topological polar surface area (TPSA) is 41.9 Å². The Hall–Kier alpha value is -1.70. The van der Waals surface area contributed by atoms with Gasteiger partial charge in [0.1, 0.15) is 0 Å². The van der Waals surface area contributed by atoms with Gasteiger partial charge in [-0.3, -0.25) is 4.84 Å². The molecule has 0 fully saturated rings. The molecule has 0 aliphatic rings. The van der Waals surface area contributed by atoms with E-state index in [4.69, 9.17) is 4.84 Å². The number of carbonyl (C=O) groups is 1. The Balaban J connectivity index is 2.62. The van der Waals surface area contributed by atoms with Gasteiger partial charge >= 0.3 is 12.3 Å². The summed E-state index contributed by atoms with van der Waals surface area (Å²) in [5.41, 5.74) is 0.0285. The van der Waals surface area contributed by atoms with Crippen molar-refractivity contribution in [3.8, 4) is 0 Å². The zero-order valence-corrected chi connectivity index (χ0v) is 15.4. The van der Waals surface area contributed by atoms with Crippen LogP contribution in [0.25, 0.3) is 0 Å². The van der Waals surface area contributed by atoms with Crippen molar-refractivity contribution >= 4 is 23.8 Å². The average Bonchev–Trinajstić information content (AvgIpc) is 2.57. The largest absolute Gasteiger partial charge is 0.446 e. The molecular weight excluding hydrogens is 353 g/mol. The molecule has 0 aromatic heterocycles. The number of alkyl halides is 3. The van der Waals surface area contributed by atoms with E-state index in [1.165, 1.54) is 19.2 Å². The summed E-state index contributed by atoms with van der Waals surface area (Å²) >= 11 is 0.852. The molecule has 0 saturated carbocycles. The zero-order chi connectivity index (χ0) is 18.9. The van der Waals surface area contributed by atoms with Gasteiger partial charge in [0.15, 0.2) is 0 Å². The highest BCUT2D eigenvalue weighted by atomic mass is 32.2. The molecule has 1 aromatic carbocycles. The molecule has 0 saturated heterocycles. The monoisotopic (exact) mass is 376 g/mol. The van der Waals surface area contributed by atoms with Gasteiger partial charge in [-0.15, -0.1) is 0 Å². The first-order valence-corrected chi connectivity index (χ1v) is 8.90. The van der Waals surface area contributed by atoms with Crippen LogP contribution < -0.4 is 0 Å². The third kappa shape index (κ3) is 7.81. The number of nitrogens with zero attached hydrogens (tertiary/aromatic N) is 2. The number of halogens is 3. The Morgan fingerprint density at radius 2 is 2.00 bits per heavy atom. The second-order valence-electron chi connectivity index (χ2n) is 5.44. The minimum Gasteiger partial charge on any atom is -0.297 e. The number of oxime groups is 1. The van der Waals surface area contributed by atoms with Gasteiger partial charge in [-0.1, -0.05) is 37.9 Å². The fraction of sp³-hybridized carbons (Fsp3) is 0.529. The van der Waals surface area contributed by atoms with Crippen molar-refractivity contribution in [2.45, 2.75) is 57.0 Å². The van der Waals surface area contributed by atoms with Gasteiger partial charge in [0.05, 0.1) is 11.3 Å². The summed E-state index contributed by atoms with van der Waals surface area (Å²) in [6.07, 6.45) is -0.553. The number of unbranched alkanes of at least 4 members (excludes halogenated alkanes) is 2. The maximum absolute atomic E-state index is 12.7. The van der Waals surface area contributed by atoms with Gasteiger partial charge in [-0.2, -0.15) is 13.2 Å². The second kappa shape index (κ2) is 10.3. The van der Waals surface area contributed by atoms with Crippen LogP contribution in [-0.4, -0.2) is 23.2 Å². The predicted molar refractivity (Wildman–Crippen MR) is 93.4 cm³/mol. The lowest BCUT2D eigenvalue weighted by Crippen LogP contribution is -2.19. The van der Waals surface area contributed by atoms with Crippen LogP contribution in [0.3, 0.4) is 0 Å². The number of carbonyl (C=O) groups excluding carboxylic acids is 1. The highest BCUT2D eigenvalue weighted by Gasteiger charge is 2.30. The van der Waals surface area contributed by atoms with Crippen molar-refractivity contribution in [3.05, 3.63) is 29.8 Å². The lowest BCUT2D eigenvalue weighted by Gasteiger charge is -2.15. The second-order valence-corrected chi connectivity index (χ2v) is 6.64. The minimum atomic E-state index is -4.42. The summed E-state index contributed by atoms with van der Waals surface area (Å²) in [5.74, 6) is 0. The minimum absolute atomic E-state index is 0.289. The fourth-order valence-corrected chi connectivity index (χ4v) is 2.69. The number of hydrogen-bond acceptors (Lipinski definition) is 4. The molecule has 0 unspecified atom stereocenters. The van der Waals surface area contributed by atoms with E-state index >= 15 is 0 Å². The van der Waals surface area contributed by atoms with Crippen LogP contribution in [-0.2, 0) is 11.0 Å². The van der Waals surface area contributed by atoms with Gasteiger partial charge < -0.3 is 0 Å². The van der Waals surface area contributed by atoms with Crippen LogP contribution in [0, 0.1) is 0 Å². The molecule has 1 amide bonds. The average molecular weight is 376 g/mol. The van der Waals surface area contributed by atoms with Crippen molar-refractivity contribution in [1.29, 1.82) is 0 Å². The molecule has 0 bridgehead atoms. The van der Waals surface area contributed by atoms with Crippen LogP contribution in [0.15, 0.2) is 34.3 Å². The molecule has 0 N–H and O–H groups in total. The van der Waals surface area contributed by atoms with Crippen molar-refractivity contribution in [3.63, 3.8) is 0 Å². The van der Waals surface area contributed by atoms with Crippen molar-refractivity contribution in [2.24, 2.45) is 5.16 Å². The van der Waals surface area contributed by atoms with E-state index < -0.39 is 17.8 Å². The molecule has 0 radical (unpaired) electrons. The fourth-order valence-electron chi connectivity index (χ4n) is 1.95. The van der Waals surface area contributed by atoms with E-state index in [0.717, 1.165) is 59.8 Å². The van der Waals surface area contributed by atoms with E-state index in [1.54, 1.807) is 0 Å². The summed E-state index contributed by atoms with van der Waals surface area (Å²) in [5, 5.41) is 3.87. The highest BCUT2D eigenvalue weighted by molar-refractivity contribution is 7.97. The molecule has 1 aromatic rings. The lowest BCUT2D eigenvalue weighted by molar-refractivity contribution is -0.137.